The van der Waals surface area contributed by atoms with Crippen LogP contribution in [0.15, 0.2) is 12.1 Å². The van der Waals surface area contributed by atoms with E-state index in [1.165, 1.54) is 9.75 Å². The Labute approximate surface area is 101 Å². The lowest BCUT2D eigenvalue weighted by Gasteiger charge is -2.26. The zero-order chi connectivity index (χ0) is 12.1. The van der Waals surface area contributed by atoms with Crippen LogP contribution in [0.1, 0.15) is 30.0 Å². The van der Waals surface area contributed by atoms with Crippen LogP contribution in [-0.4, -0.2) is 23.4 Å². The van der Waals surface area contributed by atoms with E-state index >= 15 is 0 Å². The molecule has 16 heavy (non-hydrogen) atoms. The summed E-state index contributed by atoms with van der Waals surface area (Å²) < 4.78 is 0. The monoisotopic (exact) mass is 240 g/mol. The summed E-state index contributed by atoms with van der Waals surface area (Å²) in [5, 5.41) is 0. The van der Waals surface area contributed by atoms with Crippen LogP contribution in [0.4, 0.5) is 0 Å². The van der Waals surface area contributed by atoms with Gasteiger partial charge in [0.2, 0.25) is 5.91 Å². The second kappa shape index (κ2) is 6.01. The zero-order valence-electron chi connectivity index (χ0n) is 10.2. The van der Waals surface area contributed by atoms with Crippen molar-refractivity contribution >= 4 is 17.2 Å². The molecule has 0 saturated carbocycles. The van der Waals surface area contributed by atoms with E-state index in [1.54, 1.807) is 11.3 Å². The molecule has 0 aromatic carbocycles. The van der Waals surface area contributed by atoms with Crippen molar-refractivity contribution in [1.29, 1.82) is 0 Å². The largest absolute Gasteiger partial charge is 0.335 e. The van der Waals surface area contributed by atoms with Crippen LogP contribution in [0.5, 0.6) is 0 Å². The number of thiophene rings is 1. The molecule has 1 rings (SSSR count). The number of carbonyl (C=O) groups excluding carboxylic acids is 1. The standard InChI is InChI=1S/C12H20N2OS/c1-9(2)14(12(15)6-7-13)8-11-5-4-10(3)16-11/h4-5,9H,6-8,13H2,1-3H3. The van der Waals surface area contributed by atoms with E-state index < -0.39 is 0 Å². The van der Waals surface area contributed by atoms with Crippen LogP contribution in [0, 0.1) is 6.92 Å². The normalized spacial score (nSPS) is 10.8. The van der Waals surface area contributed by atoms with Crippen molar-refractivity contribution in [3.8, 4) is 0 Å². The Morgan fingerprint density at radius 3 is 2.62 bits per heavy atom. The highest BCUT2D eigenvalue weighted by Crippen LogP contribution is 2.18. The van der Waals surface area contributed by atoms with Gasteiger partial charge in [0.25, 0.3) is 0 Å². The Morgan fingerprint density at radius 1 is 1.50 bits per heavy atom. The summed E-state index contributed by atoms with van der Waals surface area (Å²) in [6, 6.07) is 4.40. The van der Waals surface area contributed by atoms with Crippen molar-refractivity contribution in [3.05, 3.63) is 21.9 Å². The van der Waals surface area contributed by atoms with Crippen molar-refractivity contribution in [2.45, 2.75) is 39.8 Å². The number of carbonyl (C=O) groups is 1. The summed E-state index contributed by atoms with van der Waals surface area (Å²) in [5.41, 5.74) is 5.42. The average Bonchev–Trinajstić information content (AvgIpc) is 2.60. The molecule has 1 heterocycles. The molecule has 0 aliphatic heterocycles. The van der Waals surface area contributed by atoms with E-state index in [4.69, 9.17) is 5.73 Å². The van der Waals surface area contributed by atoms with Gasteiger partial charge in [-0.15, -0.1) is 11.3 Å². The van der Waals surface area contributed by atoms with Gasteiger partial charge in [0.05, 0.1) is 6.54 Å². The first-order chi connectivity index (χ1) is 7.54. The quantitative estimate of drug-likeness (QED) is 0.857. The molecule has 0 atom stereocenters. The number of aryl methyl sites for hydroxylation is 1. The smallest absolute Gasteiger partial charge is 0.224 e. The van der Waals surface area contributed by atoms with Crippen LogP contribution in [0.2, 0.25) is 0 Å². The van der Waals surface area contributed by atoms with E-state index in [2.05, 4.69) is 19.1 Å². The molecule has 0 spiro atoms. The summed E-state index contributed by atoms with van der Waals surface area (Å²) in [5.74, 6) is 0.142. The van der Waals surface area contributed by atoms with Gasteiger partial charge in [0, 0.05) is 28.8 Å². The summed E-state index contributed by atoms with van der Waals surface area (Å²) >= 11 is 1.74. The van der Waals surface area contributed by atoms with Gasteiger partial charge in [-0.25, -0.2) is 0 Å². The summed E-state index contributed by atoms with van der Waals surface area (Å²) in [4.78, 5) is 16.2. The molecule has 0 aliphatic rings. The maximum Gasteiger partial charge on any atom is 0.224 e. The molecule has 4 heteroatoms. The van der Waals surface area contributed by atoms with E-state index in [0.29, 0.717) is 19.5 Å². The van der Waals surface area contributed by atoms with E-state index in [0.717, 1.165) is 0 Å². The van der Waals surface area contributed by atoms with Crippen molar-refractivity contribution in [3.63, 3.8) is 0 Å². The van der Waals surface area contributed by atoms with Crippen LogP contribution in [0.3, 0.4) is 0 Å². The van der Waals surface area contributed by atoms with Gasteiger partial charge in [-0.05, 0) is 32.9 Å². The Morgan fingerprint density at radius 2 is 2.19 bits per heavy atom. The fraction of sp³-hybridized carbons (Fsp3) is 0.583. The van der Waals surface area contributed by atoms with Gasteiger partial charge in [0.15, 0.2) is 0 Å². The molecule has 1 aromatic heterocycles. The first-order valence-electron chi connectivity index (χ1n) is 5.59. The van der Waals surface area contributed by atoms with Gasteiger partial charge in [-0.1, -0.05) is 0 Å². The van der Waals surface area contributed by atoms with Gasteiger partial charge in [-0.2, -0.15) is 0 Å². The number of nitrogens with two attached hydrogens (primary N) is 1. The molecule has 0 saturated heterocycles. The minimum atomic E-state index is 0.142. The molecule has 1 aromatic rings. The maximum absolute atomic E-state index is 11.8. The Balaban J connectivity index is 2.68. The third kappa shape index (κ3) is 3.61. The first-order valence-corrected chi connectivity index (χ1v) is 6.41. The van der Waals surface area contributed by atoms with Crippen molar-refractivity contribution in [2.24, 2.45) is 5.73 Å². The van der Waals surface area contributed by atoms with Crippen LogP contribution >= 0.6 is 11.3 Å². The first kappa shape index (κ1) is 13.2. The van der Waals surface area contributed by atoms with E-state index in [9.17, 15) is 4.79 Å². The predicted molar refractivity (Wildman–Crippen MR) is 68.4 cm³/mol. The second-order valence-corrected chi connectivity index (χ2v) is 5.54. The zero-order valence-corrected chi connectivity index (χ0v) is 11.0. The third-order valence-electron chi connectivity index (χ3n) is 2.42. The van der Waals surface area contributed by atoms with Crippen molar-refractivity contribution in [2.75, 3.05) is 6.54 Å². The third-order valence-corrected chi connectivity index (χ3v) is 3.41. The molecule has 2 N–H and O–H groups in total. The summed E-state index contributed by atoms with van der Waals surface area (Å²) in [6.45, 7) is 7.28. The highest BCUT2D eigenvalue weighted by atomic mass is 32.1. The molecule has 90 valence electrons. The predicted octanol–water partition coefficient (Wildman–Crippen LogP) is 2.14. The number of nitrogens with zero attached hydrogens (tertiary/aromatic N) is 1. The average molecular weight is 240 g/mol. The lowest BCUT2D eigenvalue weighted by molar-refractivity contribution is -0.133. The number of amides is 1. The topological polar surface area (TPSA) is 46.3 Å². The number of rotatable bonds is 5. The van der Waals surface area contributed by atoms with Crippen LogP contribution in [0.25, 0.3) is 0 Å². The maximum atomic E-state index is 11.8. The fourth-order valence-electron chi connectivity index (χ4n) is 1.56. The van der Waals surface area contributed by atoms with Crippen molar-refractivity contribution in [1.82, 2.24) is 4.90 Å². The van der Waals surface area contributed by atoms with Gasteiger partial charge >= 0.3 is 0 Å². The van der Waals surface area contributed by atoms with Crippen LogP contribution < -0.4 is 5.73 Å². The molecular formula is C12H20N2OS. The summed E-state index contributed by atoms with van der Waals surface area (Å²) in [6.07, 6.45) is 0.433. The molecular weight excluding hydrogens is 220 g/mol. The molecule has 0 unspecified atom stereocenters. The molecule has 1 amide bonds. The Bertz CT molecular complexity index is 347. The second-order valence-electron chi connectivity index (χ2n) is 4.17. The lowest BCUT2D eigenvalue weighted by atomic mass is 10.2. The molecule has 3 nitrogen and oxygen atoms in total. The highest BCUT2D eigenvalue weighted by molar-refractivity contribution is 7.11. The number of hydrogen-bond acceptors (Lipinski definition) is 3. The highest BCUT2D eigenvalue weighted by Gasteiger charge is 2.16. The van der Waals surface area contributed by atoms with E-state index in [-0.39, 0.29) is 11.9 Å². The Kier molecular flexibility index (Phi) is 4.96. The SMILES string of the molecule is Cc1ccc(CN(C(=O)CCN)C(C)C)s1. The van der Waals surface area contributed by atoms with Crippen molar-refractivity contribution < 1.29 is 4.79 Å². The van der Waals surface area contributed by atoms with E-state index in [1.807, 2.05) is 18.7 Å². The Hall–Kier alpha value is -0.870. The lowest BCUT2D eigenvalue weighted by Crippen LogP contribution is -2.37. The molecule has 0 aliphatic carbocycles. The fourth-order valence-corrected chi connectivity index (χ4v) is 2.45. The number of hydrogen-bond donors (Lipinski definition) is 1. The van der Waals surface area contributed by atoms with Crippen LogP contribution in [-0.2, 0) is 11.3 Å². The molecule has 0 bridgehead atoms. The summed E-state index contributed by atoms with van der Waals surface area (Å²) in [7, 11) is 0. The van der Waals surface area contributed by atoms with Gasteiger partial charge < -0.3 is 10.6 Å². The molecule has 0 fully saturated rings. The van der Waals surface area contributed by atoms with Gasteiger partial charge in [-0.3, -0.25) is 4.79 Å². The minimum Gasteiger partial charge on any atom is -0.335 e. The van der Waals surface area contributed by atoms with Gasteiger partial charge in [0.1, 0.15) is 0 Å². The molecule has 0 radical (unpaired) electrons. The minimum absolute atomic E-state index is 0.142.